The molecule has 150 valence electrons. The number of carbonyl (C=O) groups excluding carboxylic acids is 1. The SMILES string of the molecule is COCC1(C(=O)NCc2ccc(Cn3ccnc3)cc2)CCNCC1.Cl.Cl. The van der Waals surface area contributed by atoms with Crippen LogP contribution in [0.5, 0.6) is 0 Å². The zero-order valence-corrected chi connectivity index (χ0v) is 17.2. The van der Waals surface area contributed by atoms with Crippen LogP contribution < -0.4 is 10.6 Å². The van der Waals surface area contributed by atoms with Crippen LogP contribution in [-0.2, 0) is 22.6 Å². The van der Waals surface area contributed by atoms with Crippen molar-refractivity contribution in [3.8, 4) is 0 Å². The minimum Gasteiger partial charge on any atom is -0.384 e. The highest BCUT2D eigenvalue weighted by Gasteiger charge is 2.39. The van der Waals surface area contributed by atoms with E-state index in [0.717, 1.165) is 38.0 Å². The van der Waals surface area contributed by atoms with Crippen molar-refractivity contribution in [1.29, 1.82) is 0 Å². The van der Waals surface area contributed by atoms with Crippen LogP contribution in [0, 0.1) is 5.41 Å². The van der Waals surface area contributed by atoms with Gasteiger partial charge in [0, 0.05) is 32.6 Å². The number of imidazole rings is 1. The monoisotopic (exact) mass is 414 g/mol. The first-order valence-corrected chi connectivity index (χ1v) is 8.73. The van der Waals surface area contributed by atoms with E-state index in [0.29, 0.717) is 13.2 Å². The lowest BCUT2D eigenvalue weighted by Crippen LogP contribution is -2.49. The zero-order valence-electron chi connectivity index (χ0n) is 15.5. The standard InChI is InChI=1S/C19H26N4O2.2ClH/c1-25-14-19(6-8-20-9-7-19)18(24)22-12-16-2-4-17(5-3-16)13-23-11-10-21-15-23;;/h2-5,10-11,15,20H,6-9,12-14H2,1H3,(H,22,24);2*1H. The summed E-state index contributed by atoms with van der Waals surface area (Å²) in [5, 5.41) is 6.41. The average Bonchev–Trinajstić information content (AvgIpc) is 3.15. The number of hydrogen-bond donors (Lipinski definition) is 2. The molecule has 2 heterocycles. The van der Waals surface area contributed by atoms with E-state index in [4.69, 9.17) is 4.74 Å². The number of hydrogen-bond acceptors (Lipinski definition) is 4. The summed E-state index contributed by atoms with van der Waals surface area (Å²) in [6, 6.07) is 8.32. The molecule has 0 bridgehead atoms. The molecular formula is C19H28Cl2N4O2. The first-order chi connectivity index (χ1) is 12.2. The van der Waals surface area contributed by atoms with E-state index < -0.39 is 5.41 Å². The van der Waals surface area contributed by atoms with Gasteiger partial charge >= 0.3 is 0 Å². The summed E-state index contributed by atoms with van der Waals surface area (Å²) in [6.45, 7) is 3.55. The van der Waals surface area contributed by atoms with Gasteiger partial charge in [-0.25, -0.2) is 4.98 Å². The number of benzene rings is 1. The molecule has 1 aromatic heterocycles. The number of nitrogens with one attached hydrogen (secondary N) is 2. The fourth-order valence-corrected chi connectivity index (χ4v) is 3.34. The predicted octanol–water partition coefficient (Wildman–Crippen LogP) is 2.41. The molecule has 3 rings (SSSR count). The number of ether oxygens (including phenoxy) is 1. The van der Waals surface area contributed by atoms with Gasteiger partial charge in [-0.05, 0) is 37.1 Å². The van der Waals surface area contributed by atoms with Gasteiger partial charge in [0.05, 0.1) is 18.3 Å². The van der Waals surface area contributed by atoms with Crippen LogP contribution in [0.25, 0.3) is 0 Å². The van der Waals surface area contributed by atoms with E-state index in [1.165, 1.54) is 5.56 Å². The third-order valence-corrected chi connectivity index (χ3v) is 4.86. The molecule has 0 radical (unpaired) electrons. The molecule has 1 amide bonds. The third kappa shape index (κ3) is 6.21. The summed E-state index contributed by atoms with van der Waals surface area (Å²) in [5.74, 6) is 0.0957. The maximum absolute atomic E-state index is 12.7. The smallest absolute Gasteiger partial charge is 0.228 e. The molecule has 1 fully saturated rings. The van der Waals surface area contributed by atoms with Gasteiger partial charge in [0.2, 0.25) is 5.91 Å². The minimum absolute atomic E-state index is 0. The second-order valence-corrected chi connectivity index (χ2v) is 6.70. The van der Waals surface area contributed by atoms with Gasteiger partial charge in [0.15, 0.2) is 0 Å². The molecule has 0 spiro atoms. The first-order valence-electron chi connectivity index (χ1n) is 8.73. The Hall–Kier alpha value is -1.60. The number of piperidine rings is 1. The molecule has 2 N–H and O–H groups in total. The van der Waals surface area contributed by atoms with Crippen LogP contribution in [-0.4, -0.2) is 42.3 Å². The van der Waals surface area contributed by atoms with Gasteiger partial charge in [0.25, 0.3) is 0 Å². The van der Waals surface area contributed by atoms with E-state index in [1.807, 2.05) is 17.1 Å². The van der Waals surface area contributed by atoms with E-state index in [2.05, 4.69) is 39.9 Å². The highest BCUT2D eigenvalue weighted by atomic mass is 35.5. The van der Waals surface area contributed by atoms with Crippen LogP contribution in [0.15, 0.2) is 43.0 Å². The quantitative estimate of drug-likeness (QED) is 0.729. The third-order valence-electron chi connectivity index (χ3n) is 4.86. The lowest BCUT2D eigenvalue weighted by Gasteiger charge is -2.35. The number of amides is 1. The van der Waals surface area contributed by atoms with Crippen LogP contribution >= 0.6 is 24.8 Å². The Morgan fingerprint density at radius 3 is 2.48 bits per heavy atom. The lowest BCUT2D eigenvalue weighted by molar-refractivity contribution is -0.136. The lowest BCUT2D eigenvalue weighted by atomic mass is 9.78. The van der Waals surface area contributed by atoms with Crippen molar-refractivity contribution >= 4 is 30.7 Å². The van der Waals surface area contributed by atoms with Crippen molar-refractivity contribution in [3.63, 3.8) is 0 Å². The first kappa shape index (κ1) is 23.4. The molecule has 8 heteroatoms. The normalized spacial score (nSPS) is 15.3. The van der Waals surface area contributed by atoms with Gasteiger partial charge in [-0.3, -0.25) is 4.79 Å². The molecule has 2 aromatic rings. The minimum atomic E-state index is -0.401. The van der Waals surface area contributed by atoms with Gasteiger partial charge < -0.3 is 19.9 Å². The highest BCUT2D eigenvalue weighted by molar-refractivity contribution is 5.85. The molecular weight excluding hydrogens is 387 g/mol. The molecule has 0 saturated carbocycles. The Balaban J connectivity index is 0.00000182. The fraction of sp³-hybridized carbons (Fsp3) is 0.474. The maximum atomic E-state index is 12.7. The Morgan fingerprint density at radius 1 is 1.22 bits per heavy atom. The summed E-state index contributed by atoms with van der Waals surface area (Å²) in [4.78, 5) is 16.8. The summed E-state index contributed by atoms with van der Waals surface area (Å²) < 4.78 is 7.36. The second-order valence-electron chi connectivity index (χ2n) is 6.70. The van der Waals surface area contributed by atoms with Crippen LogP contribution in [0.2, 0.25) is 0 Å². The molecule has 6 nitrogen and oxygen atoms in total. The Kier molecular flexibility index (Phi) is 9.80. The van der Waals surface area contributed by atoms with Crippen LogP contribution in [0.3, 0.4) is 0 Å². The molecule has 1 aliphatic heterocycles. The maximum Gasteiger partial charge on any atom is 0.228 e. The second kappa shape index (κ2) is 11.3. The summed E-state index contributed by atoms with van der Waals surface area (Å²) in [5.41, 5.74) is 1.91. The van der Waals surface area contributed by atoms with Crippen molar-refractivity contribution in [2.45, 2.75) is 25.9 Å². The number of halogens is 2. The Bertz CT molecular complexity index is 666. The molecule has 0 unspecified atom stereocenters. The molecule has 1 aromatic carbocycles. The van der Waals surface area contributed by atoms with Gasteiger partial charge in [-0.1, -0.05) is 24.3 Å². The van der Waals surface area contributed by atoms with Crippen LogP contribution in [0.1, 0.15) is 24.0 Å². The van der Waals surface area contributed by atoms with Crippen molar-refractivity contribution in [2.24, 2.45) is 5.41 Å². The molecule has 0 aliphatic carbocycles. The van der Waals surface area contributed by atoms with Crippen molar-refractivity contribution in [3.05, 3.63) is 54.1 Å². The van der Waals surface area contributed by atoms with E-state index in [9.17, 15) is 4.79 Å². The molecule has 0 atom stereocenters. The fourth-order valence-electron chi connectivity index (χ4n) is 3.34. The summed E-state index contributed by atoms with van der Waals surface area (Å²) in [7, 11) is 1.66. The average molecular weight is 415 g/mol. The van der Waals surface area contributed by atoms with Gasteiger partial charge in [-0.2, -0.15) is 0 Å². The van der Waals surface area contributed by atoms with Gasteiger partial charge in [0.1, 0.15) is 0 Å². The van der Waals surface area contributed by atoms with E-state index in [-0.39, 0.29) is 30.7 Å². The number of aromatic nitrogens is 2. The number of carbonyl (C=O) groups is 1. The van der Waals surface area contributed by atoms with E-state index >= 15 is 0 Å². The Labute approximate surface area is 172 Å². The number of nitrogens with zero attached hydrogens (tertiary/aromatic N) is 2. The van der Waals surface area contributed by atoms with E-state index in [1.54, 1.807) is 13.3 Å². The van der Waals surface area contributed by atoms with Crippen molar-refractivity contribution < 1.29 is 9.53 Å². The summed E-state index contributed by atoms with van der Waals surface area (Å²) in [6.07, 6.45) is 7.17. The largest absolute Gasteiger partial charge is 0.384 e. The highest BCUT2D eigenvalue weighted by Crippen LogP contribution is 2.29. The topological polar surface area (TPSA) is 68.2 Å². The Morgan fingerprint density at radius 2 is 1.89 bits per heavy atom. The van der Waals surface area contributed by atoms with Gasteiger partial charge in [-0.15, -0.1) is 24.8 Å². The molecule has 1 aliphatic rings. The molecule has 27 heavy (non-hydrogen) atoms. The van der Waals surface area contributed by atoms with Crippen molar-refractivity contribution in [2.75, 3.05) is 26.8 Å². The molecule has 1 saturated heterocycles. The number of methoxy groups -OCH3 is 1. The van der Waals surface area contributed by atoms with Crippen molar-refractivity contribution in [1.82, 2.24) is 20.2 Å². The predicted molar refractivity (Wildman–Crippen MR) is 111 cm³/mol. The number of rotatable bonds is 7. The zero-order chi connectivity index (χ0) is 17.5. The van der Waals surface area contributed by atoms with Crippen LogP contribution in [0.4, 0.5) is 0 Å². The summed E-state index contributed by atoms with van der Waals surface area (Å²) >= 11 is 0.